The number of nitrogens with one attached hydrogen (secondary N) is 1. The first-order valence-corrected chi connectivity index (χ1v) is 7.60. The largest absolute Gasteiger partial charge is 0.326 e. The lowest BCUT2D eigenvalue weighted by Crippen LogP contribution is -2.16. The Morgan fingerprint density at radius 1 is 1.19 bits per heavy atom. The number of hydrogen-bond donors (Lipinski definition) is 2. The number of aryl methyl sites for hydroxylation is 1. The summed E-state index contributed by atoms with van der Waals surface area (Å²) in [6.07, 6.45) is 0. The molecule has 0 bridgehead atoms. The first-order valence-electron chi connectivity index (χ1n) is 6.11. The van der Waals surface area contributed by atoms with Gasteiger partial charge in [0.1, 0.15) is 0 Å². The molecule has 2 rings (SSSR count). The summed E-state index contributed by atoms with van der Waals surface area (Å²) in [4.78, 5) is -0.0108. The highest BCUT2D eigenvalue weighted by molar-refractivity contribution is 7.92. The molecule has 2 aromatic rings. The third-order valence-electron chi connectivity index (χ3n) is 2.96. The van der Waals surface area contributed by atoms with Gasteiger partial charge in [-0.15, -0.1) is 0 Å². The zero-order chi connectivity index (χ0) is 15.6. The number of benzene rings is 2. The van der Waals surface area contributed by atoms with Crippen molar-refractivity contribution in [1.29, 1.82) is 0 Å². The molecule has 0 atom stereocenters. The number of halogens is 2. The molecular weight excluding hydrogens is 298 g/mol. The van der Waals surface area contributed by atoms with E-state index in [1.165, 1.54) is 12.1 Å². The minimum atomic E-state index is -4.01. The van der Waals surface area contributed by atoms with Crippen molar-refractivity contribution in [3.8, 4) is 0 Å². The summed E-state index contributed by atoms with van der Waals surface area (Å²) in [6, 6.07) is 7.88. The van der Waals surface area contributed by atoms with E-state index >= 15 is 0 Å². The van der Waals surface area contributed by atoms with Crippen LogP contribution in [0.25, 0.3) is 0 Å². The van der Waals surface area contributed by atoms with Crippen molar-refractivity contribution >= 4 is 15.7 Å². The monoisotopic (exact) mass is 312 g/mol. The predicted octanol–water partition coefficient (Wildman–Crippen LogP) is 2.53. The fraction of sp³-hybridized carbons (Fsp3) is 0.143. The van der Waals surface area contributed by atoms with E-state index < -0.39 is 27.3 Å². The summed E-state index contributed by atoms with van der Waals surface area (Å²) >= 11 is 0. The molecule has 0 fully saturated rings. The van der Waals surface area contributed by atoms with Crippen LogP contribution in [0, 0.1) is 18.6 Å². The molecule has 0 heterocycles. The van der Waals surface area contributed by atoms with E-state index in [1.807, 2.05) is 4.72 Å². The maximum absolute atomic E-state index is 13.5. The Kier molecular flexibility index (Phi) is 4.24. The van der Waals surface area contributed by atoms with Crippen LogP contribution in [0.3, 0.4) is 0 Å². The van der Waals surface area contributed by atoms with Crippen LogP contribution in [0.1, 0.15) is 11.1 Å². The summed E-state index contributed by atoms with van der Waals surface area (Å²) in [6.45, 7) is 1.89. The second-order valence-corrected chi connectivity index (χ2v) is 6.16. The highest BCUT2D eigenvalue weighted by atomic mass is 32.2. The number of nitrogens with two attached hydrogens (primary N) is 1. The Morgan fingerprint density at radius 2 is 1.90 bits per heavy atom. The summed E-state index contributed by atoms with van der Waals surface area (Å²) in [5.74, 6) is -2.36. The number of hydrogen-bond acceptors (Lipinski definition) is 3. The smallest absolute Gasteiger partial charge is 0.262 e. The Labute approximate surface area is 121 Å². The second kappa shape index (κ2) is 5.79. The quantitative estimate of drug-likeness (QED) is 0.911. The molecule has 0 aliphatic carbocycles. The van der Waals surface area contributed by atoms with Crippen LogP contribution in [0.15, 0.2) is 41.3 Å². The van der Waals surface area contributed by atoms with E-state index in [4.69, 9.17) is 5.73 Å². The lowest BCUT2D eigenvalue weighted by atomic mass is 10.1. The van der Waals surface area contributed by atoms with Crippen molar-refractivity contribution in [2.24, 2.45) is 5.73 Å². The van der Waals surface area contributed by atoms with Crippen LogP contribution in [-0.2, 0) is 16.6 Å². The second-order valence-electron chi connectivity index (χ2n) is 4.51. The summed E-state index contributed by atoms with van der Waals surface area (Å²) in [5, 5.41) is 0. The van der Waals surface area contributed by atoms with Crippen molar-refractivity contribution < 1.29 is 17.2 Å². The average Bonchev–Trinajstić information content (AvgIpc) is 2.43. The molecule has 21 heavy (non-hydrogen) atoms. The molecule has 0 saturated heterocycles. The lowest BCUT2D eigenvalue weighted by molar-refractivity contribution is 0.511. The topological polar surface area (TPSA) is 72.2 Å². The molecule has 0 spiro atoms. The standard InChI is InChI=1S/C14H14F2N2O2S/c1-9-7-10(8-17)5-6-13(9)21(19,20)18-12-4-2-3-11(15)14(12)16/h2-7,18H,8,17H2,1H3. The summed E-state index contributed by atoms with van der Waals surface area (Å²) < 4.78 is 53.2. The number of anilines is 1. The van der Waals surface area contributed by atoms with E-state index in [-0.39, 0.29) is 11.4 Å². The Bertz CT molecular complexity index is 777. The fourth-order valence-electron chi connectivity index (χ4n) is 1.92. The Morgan fingerprint density at radius 3 is 2.52 bits per heavy atom. The van der Waals surface area contributed by atoms with Crippen molar-refractivity contribution in [2.75, 3.05) is 4.72 Å². The van der Waals surface area contributed by atoms with Gasteiger partial charge in [0.05, 0.1) is 10.6 Å². The minimum absolute atomic E-state index is 0.0108. The van der Waals surface area contributed by atoms with Gasteiger partial charge < -0.3 is 5.73 Å². The van der Waals surface area contributed by atoms with Gasteiger partial charge in [0, 0.05) is 6.54 Å². The molecule has 2 aromatic carbocycles. The zero-order valence-corrected chi connectivity index (χ0v) is 12.0. The van der Waals surface area contributed by atoms with Crippen LogP contribution < -0.4 is 10.5 Å². The number of rotatable bonds is 4. The van der Waals surface area contributed by atoms with Gasteiger partial charge in [-0.3, -0.25) is 4.72 Å². The summed E-state index contributed by atoms with van der Waals surface area (Å²) in [7, 11) is -4.01. The van der Waals surface area contributed by atoms with Crippen LogP contribution in [0.5, 0.6) is 0 Å². The van der Waals surface area contributed by atoms with Crippen LogP contribution in [0.2, 0.25) is 0 Å². The molecule has 0 radical (unpaired) electrons. The van der Waals surface area contributed by atoms with Crippen molar-refractivity contribution in [3.63, 3.8) is 0 Å². The molecule has 0 amide bonds. The maximum Gasteiger partial charge on any atom is 0.262 e. The SMILES string of the molecule is Cc1cc(CN)ccc1S(=O)(=O)Nc1cccc(F)c1F. The molecule has 0 saturated carbocycles. The van der Waals surface area contributed by atoms with E-state index in [9.17, 15) is 17.2 Å². The van der Waals surface area contributed by atoms with Gasteiger partial charge in [0.2, 0.25) is 0 Å². The number of sulfonamides is 1. The predicted molar refractivity (Wildman–Crippen MR) is 76.2 cm³/mol. The molecule has 0 aliphatic heterocycles. The van der Waals surface area contributed by atoms with Crippen molar-refractivity contribution in [2.45, 2.75) is 18.4 Å². The highest BCUT2D eigenvalue weighted by Gasteiger charge is 2.19. The fourth-order valence-corrected chi connectivity index (χ4v) is 3.21. The molecule has 7 heteroatoms. The first kappa shape index (κ1) is 15.4. The Balaban J connectivity index is 2.41. The highest BCUT2D eigenvalue weighted by Crippen LogP contribution is 2.23. The molecular formula is C14H14F2N2O2S. The van der Waals surface area contributed by atoms with E-state index in [1.54, 1.807) is 19.1 Å². The molecule has 0 aromatic heterocycles. The third-order valence-corrected chi connectivity index (χ3v) is 4.49. The van der Waals surface area contributed by atoms with E-state index in [0.717, 1.165) is 17.7 Å². The normalized spacial score (nSPS) is 11.4. The van der Waals surface area contributed by atoms with Gasteiger partial charge in [-0.05, 0) is 36.2 Å². The van der Waals surface area contributed by atoms with E-state index in [2.05, 4.69) is 0 Å². The van der Waals surface area contributed by atoms with Gasteiger partial charge >= 0.3 is 0 Å². The Hall–Kier alpha value is -1.99. The first-order chi connectivity index (χ1) is 9.85. The molecule has 4 nitrogen and oxygen atoms in total. The van der Waals surface area contributed by atoms with Gasteiger partial charge in [-0.25, -0.2) is 17.2 Å². The van der Waals surface area contributed by atoms with Crippen molar-refractivity contribution in [1.82, 2.24) is 0 Å². The zero-order valence-electron chi connectivity index (χ0n) is 11.2. The average molecular weight is 312 g/mol. The van der Waals surface area contributed by atoms with Gasteiger partial charge in [-0.1, -0.05) is 18.2 Å². The van der Waals surface area contributed by atoms with Gasteiger partial charge in [0.25, 0.3) is 10.0 Å². The molecule has 112 valence electrons. The maximum atomic E-state index is 13.5. The minimum Gasteiger partial charge on any atom is -0.326 e. The van der Waals surface area contributed by atoms with Crippen LogP contribution >= 0.6 is 0 Å². The van der Waals surface area contributed by atoms with Crippen LogP contribution in [-0.4, -0.2) is 8.42 Å². The van der Waals surface area contributed by atoms with Gasteiger partial charge in [0.15, 0.2) is 11.6 Å². The van der Waals surface area contributed by atoms with E-state index in [0.29, 0.717) is 5.56 Å². The lowest BCUT2D eigenvalue weighted by Gasteiger charge is -2.12. The molecule has 3 N–H and O–H groups in total. The molecule has 0 aliphatic rings. The van der Waals surface area contributed by atoms with Crippen LogP contribution in [0.4, 0.5) is 14.5 Å². The molecule has 0 unspecified atom stereocenters. The van der Waals surface area contributed by atoms with Crippen molar-refractivity contribution in [3.05, 3.63) is 59.2 Å². The summed E-state index contributed by atoms with van der Waals surface area (Å²) in [5.41, 5.74) is 6.30. The third kappa shape index (κ3) is 3.20. The van der Waals surface area contributed by atoms with Gasteiger partial charge in [-0.2, -0.15) is 0 Å².